The lowest BCUT2D eigenvalue weighted by Gasteiger charge is -2.30. The first-order valence-corrected chi connectivity index (χ1v) is 9.77. The van der Waals surface area contributed by atoms with Gasteiger partial charge in [-0.25, -0.2) is 0 Å². The Labute approximate surface area is 174 Å². The lowest BCUT2D eigenvalue weighted by molar-refractivity contribution is -0.883. The summed E-state index contributed by atoms with van der Waals surface area (Å²) in [4.78, 5) is 39.3. The summed E-state index contributed by atoms with van der Waals surface area (Å²) in [6.45, 7) is 4.57. The number of likely N-dealkylation sites (N-methyl/N-ethyl adjacent to an activating group) is 1. The Hall–Kier alpha value is -3.46. The molecule has 9 nitrogen and oxygen atoms in total. The molecule has 2 N–H and O–H groups in total. The number of hydrogen-bond donors (Lipinski definition) is 2. The molecule has 9 heteroatoms. The quantitative estimate of drug-likeness (QED) is 0.542. The van der Waals surface area contributed by atoms with Crippen LogP contribution in [0.1, 0.15) is 17.3 Å². The zero-order valence-electron chi connectivity index (χ0n) is 17.0. The van der Waals surface area contributed by atoms with Crippen molar-refractivity contribution in [3.8, 4) is 5.75 Å². The van der Waals surface area contributed by atoms with Crippen LogP contribution in [0.3, 0.4) is 0 Å². The number of amides is 2. The minimum Gasteiger partial charge on any atom is -0.474 e. The fraction of sp³-hybridized carbons (Fsp3) is 0.333. The largest absolute Gasteiger partial charge is 0.474 e. The van der Waals surface area contributed by atoms with Gasteiger partial charge in [0, 0.05) is 6.07 Å². The van der Waals surface area contributed by atoms with Crippen LogP contribution in [0.5, 0.6) is 5.75 Å². The fourth-order valence-corrected chi connectivity index (χ4v) is 3.23. The normalized spacial score (nSPS) is 15.3. The van der Waals surface area contributed by atoms with Gasteiger partial charge in [-0.15, -0.1) is 0 Å². The summed E-state index contributed by atoms with van der Waals surface area (Å²) < 4.78 is 5.52. The van der Waals surface area contributed by atoms with E-state index in [0.717, 1.165) is 13.1 Å². The van der Waals surface area contributed by atoms with Crippen LogP contribution in [0, 0.1) is 10.1 Å². The van der Waals surface area contributed by atoms with Crippen molar-refractivity contribution < 1.29 is 24.1 Å². The van der Waals surface area contributed by atoms with Gasteiger partial charge in [0.15, 0.2) is 11.9 Å². The Morgan fingerprint density at radius 1 is 1.13 bits per heavy atom. The van der Waals surface area contributed by atoms with Gasteiger partial charge in [0.05, 0.1) is 49.4 Å². The van der Waals surface area contributed by atoms with Crippen LogP contribution >= 0.6 is 0 Å². The van der Waals surface area contributed by atoms with Crippen molar-refractivity contribution in [1.29, 1.82) is 0 Å². The molecule has 1 aliphatic rings. The predicted molar refractivity (Wildman–Crippen MR) is 111 cm³/mol. The van der Waals surface area contributed by atoms with E-state index in [0.29, 0.717) is 24.3 Å². The zero-order chi connectivity index (χ0) is 21.7. The van der Waals surface area contributed by atoms with Gasteiger partial charge in [-0.1, -0.05) is 24.3 Å². The predicted octanol–water partition coefficient (Wildman–Crippen LogP) is 0.971. The monoisotopic (exact) mass is 413 g/mol. The molecule has 2 amide bonds. The highest BCUT2D eigenvalue weighted by molar-refractivity contribution is 6.04. The van der Waals surface area contributed by atoms with Gasteiger partial charge < -0.3 is 19.9 Å². The van der Waals surface area contributed by atoms with E-state index in [-0.39, 0.29) is 17.3 Å². The molecular weight excluding hydrogens is 388 g/mol. The zero-order valence-corrected chi connectivity index (χ0v) is 17.0. The summed E-state index contributed by atoms with van der Waals surface area (Å²) in [6.07, 6.45) is -0.999. The van der Waals surface area contributed by atoms with Gasteiger partial charge in [-0.3, -0.25) is 19.7 Å². The van der Waals surface area contributed by atoms with Gasteiger partial charge >= 0.3 is 5.69 Å². The Morgan fingerprint density at radius 3 is 2.47 bits per heavy atom. The van der Waals surface area contributed by atoms with E-state index < -0.39 is 16.9 Å². The van der Waals surface area contributed by atoms with Crippen LogP contribution in [-0.2, 0) is 4.79 Å². The molecule has 0 spiro atoms. The number of hydrogen-bond acceptors (Lipinski definition) is 5. The first-order valence-electron chi connectivity index (χ1n) is 9.77. The van der Waals surface area contributed by atoms with Crippen LogP contribution < -0.4 is 15.0 Å². The SMILES string of the molecule is C[C@H](Oc1ccccc1[N+](=O)[O-])C(=O)Nc1ccccc1C(=O)N1CC[NH+](C)CC1. The number of benzene rings is 2. The molecule has 1 atom stereocenters. The second-order valence-corrected chi connectivity index (χ2v) is 7.27. The summed E-state index contributed by atoms with van der Waals surface area (Å²) in [5.41, 5.74) is 0.574. The van der Waals surface area contributed by atoms with E-state index in [2.05, 4.69) is 12.4 Å². The average Bonchev–Trinajstić information content (AvgIpc) is 2.74. The third kappa shape index (κ3) is 4.93. The molecule has 0 radical (unpaired) electrons. The number of anilines is 1. The fourth-order valence-electron chi connectivity index (χ4n) is 3.23. The van der Waals surface area contributed by atoms with Crippen molar-refractivity contribution in [2.75, 3.05) is 38.5 Å². The number of nitrogens with one attached hydrogen (secondary N) is 2. The van der Waals surface area contributed by atoms with Crippen LogP contribution in [-0.4, -0.2) is 61.0 Å². The Bertz CT molecular complexity index is 940. The van der Waals surface area contributed by atoms with Gasteiger partial charge in [0.1, 0.15) is 0 Å². The molecular formula is C21H25N4O5+. The smallest absolute Gasteiger partial charge is 0.310 e. The third-order valence-corrected chi connectivity index (χ3v) is 5.05. The molecule has 158 valence electrons. The summed E-state index contributed by atoms with van der Waals surface area (Å²) in [5, 5.41) is 13.9. The van der Waals surface area contributed by atoms with E-state index in [1.165, 1.54) is 30.0 Å². The van der Waals surface area contributed by atoms with Crippen LogP contribution in [0.25, 0.3) is 0 Å². The first-order chi connectivity index (χ1) is 14.4. The van der Waals surface area contributed by atoms with E-state index >= 15 is 0 Å². The van der Waals surface area contributed by atoms with E-state index in [9.17, 15) is 19.7 Å². The minimum atomic E-state index is -0.999. The number of nitro benzene ring substituents is 1. The number of carbonyl (C=O) groups is 2. The van der Waals surface area contributed by atoms with Gasteiger partial charge in [0.25, 0.3) is 11.8 Å². The maximum Gasteiger partial charge on any atom is 0.310 e. The molecule has 30 heavy (non-hydrogen) atoms. The number of piperazine rings is 1. The molecule has 1 fully saturated rings. The van der Waals surface area contributed by atoms with E-state index in [1.807, 2.05) is 0 Å². The molecule has 0 unspecified atom stereocenters. The van der Waals surface area contributed by atoms with Crippen molar-refractivity contribution in [3.63, 3.8) is 0 Å². The lowest BCUT2D eigenvalue weighted by atomic mass is 10.1. The molecule has 0 saturated carbocycles. The number of carbonyl (C=O) groups excluding carboxylic acids is 2. The highest BCUT2D eigenvalue weighted by Crippen LogP contribution is 2.27. The van der Waals surface area contributed by atoms with Crippen LogP contribution in [0.4, 0.5) is 11.4 Å². The molecule has 1 saturated heterocycles. The average molecular weight is 413 g/mol. The van der Waals surface area contributed by atoms with Gasteiger partial charge in [-0.2, -0.15) is 0 Å². The molecule has 0 aromatic heterocycles. The third-order valence-electron chi connectivity index (χ3n) is 5.05. The van der Waals surface area contributed by atoms with Crippen LogP contribution in [0.2, 0.25) is 0 Å². The second kappa shape index (κ2) is 9.36. The standard InChI is InChI=1S/C21H24N4O5/c1-15(30-19-10-6-5-9-18(19)25(28)29)20(26)22-17-8-4-3-7-16(17)21(27)24-13-11-23(2)12-14-24/h3-10,15H,11-14H2,1-2H3,(H,22,26)/p+1/t15-/m0/s1. The highest BCUT2D eigenvalue weighted by atomic mass is 16.6. The van der Waals surface area contributed by atoms with E-state index in [1.54, 1.807) is 35.2 Å². The highest BCUT2D eigenvalue weighted by Gasteiger charge is 2.26. The summed E-state index contributed by atoms with van der Waals surface area (Å²) in [7, 11) is 2.09. The minimum absolute atomic E-state index is 0.00875. The Morgan fingerprint density at radius 2 is 1.77 bits per heavy atom. The molecule has 2 aromatic carbocycles. The van der Waals surface area contributed by atoms with Gasteiger partial charge in [0.2, 0.25) is 0 Å². The number of quaternary nitrogens is 1. The topological polar surface area (TPSA) is 106 Å². The number of ether oxygens (including phenoxy) is 1. The van der Waals surface area contributed by atoms with Crippen molar-refractivity contribution in [2.45, 2.75) is 13.0 Å². The molecule has 0 aliphatic carbocycles. The molecule has 2 aromatic rings. The molecule has 1 aliphatic heterocycles. The number of rotatable bonds is 6. The molecule has 0 bridgehead atoms. The Balaban J connectivity index is 1.71. The van der Waals surface area contributed by atoms with Gasteiger partial charge in [-0.05, 0) is 25.1 Å². The number of para-hydroxylation sites is 3. The maximum atomic E-state index is 12.9. The Kier molecular flexibility index (Phi) is 6.63. The summed E-state index contributed by atoms with van der Waals surface area (Å²) in [6, 6.07) is 12.7. The summed E-state index contributed by atoms with van der Waals surface area (Å²) in [5.74, 6) is -0.628. The van der Waals surface area contributed by atoms with Crippen molar-refractivity contribution in [1.82, 2.24) is 4.90 Å². The number of nitro groups is 1. The molecule has 3 rings (SSSR count). The van der Waals surface area contributed by atoms with E-state index in [4.69, 9.17) is 4.74 Å². The number of nitrogens with zero attached hydrogens (tertiary/aromatic N) is 2. The lowest BCUT2D eigenvalue weighted by Crippen LogP contribution is -3.12. The second-order valence-electron chi connectivity index (χ2n) is 7.27. The maximum absolute atomic E-state index is 12.9. The summed E-state index contributed by atoms with van der Waals surface area (Å²) >= 11 is 0. The van der Waals surface area contributed by atoms with Crippen LogP contribution in [0.15, 0.2) is 48.5 Å². The van der Waals surface area contributed by atoms with Crippen molar-refractivity contribution >= 4 is 23.2 Å². The first kappa shape index (κ1) is 21.3. The van der Waals surface area contributed by atoms with Crippen molar-refractivity contribution in [2.24, 2.45) is 0 Å². The van der Waals surface area contributed by atoms with Crippen molar-refractivity contribution in [3.05, 3.63) is 64.2 Å². The molecule has 1 heterocycles.